The van der Waals surface area contributed by atoms with E-state index in [1.807, 2.05) is 6.92 Å². The van der Waals surface area contributed by atoms with E-state index < -0.39 is 0 Å². The lowest BCUT2D eigenvalue weighted by Crippen LogP contribution is -2.31. The number of hydrogen-bond acceptors (Lipinski definition) is 2. The Morgan fingerprint density at radius 1 is 1.42 bits per heavy atom. The van der Waals surface area contributed by atoms with Crippen molar-refractivity contribution in [3.63, 3.8) is 0 Å². The molecule has 0 bridgehead atoms. The molecule has 1 aliphatic rings. The van der Waals surface area contributed by atoms with Crippen LogP contribution in [0.25, 0.3) is 0 Å². The molecule has 0 spiro atoms. The quantitative estimate of drug-likeness (QED) is 0.658. The van der Waals surface area contributed by atoms with Crippen LogP contribution in [0.3, 0.4) is 0 Å². The molecular formula is C10H21NO. The Morgan fingerprint density at radius 3 is 2.50 bits per heavy atom. The van der Waals surface area contributed by atoms with Crippen molar-refractivity contribution in [2.24, 2.45) is 11.3 Å². The molecule has 1 fully saturated rings. The second-order valence-corrected chi connectivity index (χ2v) is 4.71. The van der Waals surface area contributed by atoms with Crippen LogP contribution in [-0.4, -0.2) is 12.6 Å². The molecule has 0 aliphatic heterocycles. The Labute approximate surface area is 75.6 Å². The van der Waals surface area contributed by atoms with Gasteiger partial charge in [-0.2, -0.15) is 5.48 Å². The minimum absolute atomic E-state index is 0.494. The molecule has 1 saturated carbocycles. The topological polar surface area (TPSA) is 21.3 Å². The van der Waals surface area contributed by atoms with Crippen molar-refractivity contribution < 1.29 is 4.84 Å². The largest absolute Gasteiger partial charge is 0.302 e. The first-order chi connectivity index (χ1) is 5.55. The van der Waals surface area contributed by atoms with E-state index in [1.165, 1.54) is 12.8 Å². The molecule has 0 amide bonds. The highest BCUT2D eigenvalue weighted by Crippen LogP contribution is 2.40. The van der Waals surface area contributed by atoms with E-state index in [1.54, 1.807) is 0 Å². The van der Waals surface area contributed by atoms with Gasteiger partial charge in [-0.15, -0.1) is 0 Å². The lowest BCUT2D eigenvalue weighted by atomic mass is 9.91. The highest BCUT2D eigenvalue weighted by Gasteiger charge is 2.36. The van der Waals surface area contributed by atoms with Gasteiger partial charge < -0.3 is 4.84 Å². The van der Waals surface area contributed by atoms with Gasteiger partial charge in [-0.25, -0.2) is 0 Å². The Balaban J connectivity index is 2.36. The van der Waals surface area contributed by atoms with Crippen LogP contribution >= 0.6 is 0 Å². The summed E-state index contributed by atoms with van der Waals surface area (Å²) in [6, 6.07) is 0.556. The first kappa shape index (κ1) is 10.0. The van der Waals surface area contributed by atoms with E-state index >= 15 is 0 Å². The van der Waals surface area contributed by atoms with Crippen molar-refractivity contribution in [1.29, 1.82) is 0 Å². The summed E-state index contributed by atoms with van der Waals surface area (Å²) in [5, 5.41) is 0. The zero-order chi connectivity index (χ0) is 9.19. The van der Waals surface area contributed by atoms with E-state index in [4.69, 9.17) is 4.84 Å². The van der Waals surface area contributed by atoms with Crippen LogP contribution in [0.5, 0.6) is 0 Å². The predicted octanol–water partition coefficient (Wildman–Crippen LogP) is 2.35. The van der Waals surface area contributed by atoms with Crippen molar-refractivity contribution in [3.05, 3.63) is 0 Å². The van der Waals surface area contributed by atoms with E-state index in [0.29, 0.717) is 11.5 Å². The standard InChI is InChI=1S/C10H21NO/c1-5-12-11-9-7-10(3,4)6-8(9)2/h8-9,11H,5-7H2,1-4H3. The van der Waals surface area contributed by atoms with Gasteiger partial charge in [-0.3, -0.25) is 0 Å². The van der Waals surface area contributed by atoms with Crippen molar-refractivity contribution in [2.45, 2.75) is 46.6 Å². The number of nitrogens with one attached hydrogen (secondary N) is 1. The monoisotopic (exact) mass is 171 g/mol. The predicted molar refractivity (Wildman–Crippen MR) is 50.7 cm³/mol. The average molecular weight is 171 g/mol. The summed E-state index contributed by atoms with van der Waals surface area (Å²) in [4.78, 5) is 5.23. The lowest BCUT2D eigenvalue weighted by molar-refractivity contribution is 0.0154. The Kier molecular flexibility index (Phi) is 3.13. The maximum atomic E-state index is 5.23. The fourth-order valence-electron chi connectivity index (χ4n) is 2.24. The average Bonchev–Trinajstić information content (AvgIpc) is 2.20. The van der Waals surface area contributed by atoms with Crippen molar-refractivity contribution in [2.75, 3.05) is 6.61 Å². The third kappa shape index (κ3) is 2.46. The van der Waals surface area contributed by atoms with Gasteiger partial charge in [0.15, 0.2) is 0 Å². The van der Waals surface area contributed by atoms with Crippen LogP contribution in [0.2, 0.25) is 0 Å². The third-order valence-corrected chi connectivity index (χ3v) is 2.71. The van der Waals surface area contributed by atoms with Crippen LogP contribution in [0.15, 0.2) is 0 Å². The normalized spacial score (nSPS) is 34.0. The summed E-state index contributed by atoms with van der Waals surface area (Å²) in [5.74, 6) is 0.742. The summed E-state index contributed by atoms with van der Waals surface area (Å²) in [6.07, 6.45) is 2.53. The van der Waals surface area contributed by atoms with E-state index in [0.717, 1.165) is 12.5 Å². The van der Waals surface area contributed by atoms with Gasteiger partial charge in [0.05, 0.1) is 6.61 Å². The van der Waals surface area contributed by atoms with E-state index in [2.05, 4.69) is 26.3 Å². The molecule has 1 N–H and O–H groups in total. The molecule has 0 aromatic carbocycles. The minimum Gasteiger partial charge on any atom is -0.302 e. The summed E-state index contributed by atoms with van der Waals surface area (Å²) >= 11 is 0. The van der Waals surface area contributed by atoms with Crippen molar-refractivity contribution in [3.8, 4) is 0 Å². The van der Waals surface area contributed by atoms with Crippen LogP contribution in [0.4, 0.5) is 0 Å². The number of hydrogen-bond donors (Lipinski definition) is 1. The molecule has 72 valence electrons. The molecule has 0 saturated heterocycles. The highest BCUT2D eigenvalue weighted by molar-refractivity contribution is 4.89. The number of rotatable bonds is 3. The van der Waals surface area contributed by atoms with Crippen molar-refractivity contribution >= 4 is 0 Å². The summed E-state index contributed by atoms with van der Waals surface area (Å²) in [7, 11) is 0. The molecule has 1 aliphatic carbocycles. The first-order valence-electron chi connectivity index (χ1n) is 4.92. The minimum atomic E-state index is 0.494. The molecule has 12 heavy (non-hydrogen) atoms. The molecule has 0 radical (unpaired) electrons. The van der Waals surface area contributed by atoms with Gasteiger partial charge in [-0.05, 0) is 31.1 Å². The molecule has 0 aromatic rings. The Hall–Kier alpha value is -0.0800. The molecule has 2 unspecified atom stereocenters. The number of hydroxylamine groups is 1. The van der Waals surface area contributed by atoms with Gasteiger partial charge >= 0.3 is 0 Å². The fraction of sp³-hybridized carbons (Fsp3) is 1.00. The summed E-state index contributed by atoms with van der Waals surface area (Å²) in [6.45, 7) is 9.72. The van der Waals surface area contributed by atoms with Gasteiger partial charge in [0, 0.05) is 6.04 Å². The molecule has 2 nitrogen and oxygen atoms in total. The third-order valence-electron chi connectivity index (χ3n) is 2.71. The molecule has 2 atom stereocenters. The highest BCUT2D eigenvalue weighted by atomic mass is 16.6. The second-order valence-electron chi connectivity index (χ2n) is 4.71. The lowest BCUT2D eigenvalue weighted by Gasteiger charge is -2.17. The smallest absolute Gasteiger partial charge is 0.0654 e. The van der Waals surface area contributed by atoms with Crippen LogP contribution in [0.1, 0.15) is 40.5 Å². The fourth-order valence-corrected chi connectivity index (χ4v) is 2.24. The molecule has 1 rings (SSSR count). The van der Waals surface area contributed by atoms with Gasteiger partial charge in [0.2, 0.25) is 0 Å². The van der Waals surface area contributed by atoms with Crippen LogP contribution in [0, 0.1) is 11.3 Å². The molecule has 0 aromatic heterocycles. The second kappa shape index (κ2) is 3.75. The zero-order valence-electron chi connectivity index (χ0n) is 8.68. The Morgan fingerprint density at radius 2 is 2.08 bits per heavy atom. The maximum absolute atomic E-state index is 5.23. The SMILES string of the molecule is CCONC1CC(C)(C)CC1C. The van der Waals surface area contributed by atoms with E-state index in [-0.39, 0.29) is 0 Å². The zero-order valence-corrected chi connectivity index (χ0v) is 8.68. The van der Waals surface area contributed by atoms with E-state index in [9.17, 15) is 0 Å². The van der Waals surface area contributed by atoms with Crippen LogP contribution in [-0.2, 0) is 4.84 Å². The molecule has 0 heterocycles. The Bertz CT molecular complexity index is 145. The van der Waals surface area contributed by atoms with Crippen molar-refractivity contribution in [1.82, 2.24) is 5.48 Å². The van der Waals surface area contributed by atoms with Gasteiger partial charge in [0.25, 0.3) is 0 Å². The first-order valence-corrected chi connectivity index (χ1v) is 4.92. The summed E-state index contributed by atoms with van der Waals surface area (Å²) in [5.41, 5.74) is 3.63. The van der Waals surface area contributed by atoms with Crippen LogP contribution < -0.4 is 5.48 Å². The summed E-state index contributed by atoms with van der Waals surface area (Å²) < 4.78 is 0. The van der Waals surface area contributed by atoms with Gasteiger partial charge in [0.1, 0.15) is 0 Å². The maximum Gasteiger partial charge on any atom is 0.0654 e. The molecular weight excluding hydrogens is 150 g/mol. The molecule has 2 heteroatoms. The van der Waals surface area contributed by atoms with Gasteiger partial charge in [-0.1, -0.05) is 20.8 Å².